The van der Waals surface area contributed by atoms with Crippen molar-refractivity contribution in [3.05, 3.63) is 22.2 Å². The SMILES string of the molecule is CCC1COC(C)CN1S(=O)(=O)c1c(N)cc(Cl)cc1Cl. The van der Waals surface area contributed by atoms with Gasteiger partial charge in [0, 0.05) is 17.6 Å². The highest BCUT2D eigenvalue weighted by Gasteiger charge is 2.37. The minimum absolute atomic E-state index is 0.0361. The number of morpholine rings is 1. The van der Waals surface area contributed by atoms with Crippen molar-refractivity contribution in [2.45, 2.75) is 37.3 Å². The standard InChI is InChI=1S/C13H18Cl2N2O3S/c1-3-10-7-20-8(2)6-17(10)21(18,19)13-11(15)4-9(14)5-12(13)16/h4-5,8,10H,3,6-7,16H2,1-2H3. The zero-order chi connectivity index (χ0) is 15.8. The maximum absolute atomic E-state index is 12.9. The highest BCUT2D eigenvalue weighted by Crippen LogP contribution is 2.35. The Morgan fingerprint density at radius 3 is 2.67 bits per heavy atom. The van der Waals surface area contributed by atoms with Crippen molar-refractivity contribution >= 4 is 38.9 Å². The molecule has 8 heteroatoms. The fourth-order valence-corrected chi connectivity index (χ4v) is 5.11. The molecule has 0 radical (unpaired) electrons. The van der Waals surface area contributed by atoms with Gasteiger partial charge >= 0.3 is 0 Å². The number of nitrogens with two attached hydrogens (primary N) is 1. The molecular weight excluding hydrogens is 335 g/mol. The van der Waals surface area contributed by atoms with Gasteiger partial charge in [-0.2, -0.15) is 4.31 Å². The van der Waals surface area contributed by atoms with Crippen LogP contribution < -0.4 is 5.73 Å². The fourth-order valence-electron chi connectivity index (χ4n) is 2.40. The average Bonchev–Trinajstić information content (AvgIpc) is 2.37. The predicted octanol–water partition coefficient (Wildman–Crippen LogP) is 2.76. The number of sulfonamides is 1. The molecule has 0 spiro atoms. The van der Waals surface area contributed by atoms with Gasteiger partial charge in [-0.1, -0.05) is 30.1 Å². The molecule has 2 rings (SSSR count). The number of ether oxygens (including phenoxy) is 1. The van der Waals surface area contributed by atoms with Gasteiger partial charge < -0.3 is 10.5 Å². The summed E-state index contributed by atoms with van der Waals surface area (Å²) in [5, 5.41) is 0.341. The lowest BCUT2D eigenvalue weighted by molar-refractivity contribution is -0.0230. The van der Waals surface area contributed by atoms with Crippen LogP contribution in [0.25, 0.3) is 0 Å². The molecule has 1 aliphatic rings. The summed E-state index contributed by atoms with van der Waals surface area (Å²) >= 11 is 11.9. The second kappa shape index (κ2) is 6.30. The average molecular weight is 353 g/mol. The lowest BCUT2D eigenvalue weighted by atomic mass is 10.2. The van der Waals surface area contributed by atoms with Crippen molar-refractivity contribution in [3.63, 3.8) is 0 Å². The number of benzene rings is 1. The topological polar surface area (TPSA) is 72.6 Å². The number of hydrogen-bond acceptors (Lipinski definition) is 4. The first-order valence-corrected chi connectivity index (χ1v) is 8.85. The van der Waals surface area contributed by atoms with Gasteiger partial charge in [-0.05, 0) is 25.5 Å². The molecule has 1 aliphatic heterocycles. The Morgan fingerprint density at radius 1 is 1.43 bits per heavy atom. The van der Waals surface area contributed by atoms with E-state index in [4.69, 9.17) is 33.7 Å². The van der Waals surface area contributed by atoms with Gasteiger partial charge in [0.25, 0.3) is 0 Å². The molecule has 2 atom stereocenters. The molecule has 21 heavy (non-hydrogen) atoms. The molecule has 1 heterocycles. The van der Waals surface area contributed by atoms with Gasteiger partial charge in [0.15, 0.2) is 0 Å². The van der Waals surface area contributed by atoms with E-state index in [-0.39, 0.29) is 34.3 Å². The molecule has 1 aromatic carbocycles. The zero-order valence-electron chi connectivity index (χ0n) is 11.8. The van der Waals surface area contributed by atoms with E-state index >= 15 is 0 Å². The van der Waals surface area contributed by atoms with Crippen LogP contribution in [0, 0.1) is 0 Å². The van der Waals surface area contributed by atoms with Crippen molar-refractivity contribution in [1.29, 1.82) is 0 Å². The second-order valence-corrected chi connectivity index (χ2v) is 7.76. The quantitative estimate of drug-likeness (QED) is 0.848. The fraction of sp³-hybridized carbons (Fsp3) is 0.538. The van der Waals surface area contributed by atoms with E-state index in [2.05, 4.69) is 0 Å². The first-order valence-electron chi connectivity index (χ1n) is 6.65. The molecule has 0 saturated carbocycles. The van der Waals surface area contributed by atoms with Crippen LogP contribution in [0.4, 0.5) is 5.69 Å². The van der Waals surface area contributed by atoms with E-state index in [1.807, 2.05) is 13.8 Å². The van der Waals surface area contributed by atoms with Crippen LogP contribution in [0.1, 0.15) is 20.3 Å². The van der Waals surface area contributed by atoms with Gasteiger partial charge in [-0.15, -0.1) is 0 Å². The van der Waals surface area contributed by atoms with E-state index < -0.39 is 10.0 Å². The summed E-state index contributed by atoms with van der Waals surface area (Å²) in [5.74, 6) is 0. The van der Waals surface area contributed by atoms with Crippen LogP contribution in [-0.4, -0.2) is 38.0 Å². The first kappa shape index (κ1) is 16.8. The number of nitrogen functional groups attached to an aromatic ring is 1. The first-order chi connectivity index (χ1) is 9.77. The van der Waals surface area contributed by atoms with Gasteiger partial charge in [-0.25, -0.2) is 8.42 Å². The molecule has 0 aromatic heterocycles. The van der Waals surface area contributed by atoms with Crippen LogP contribution in [0.3, 0.4) is 0 Å². The Kier molecular flexibility index (Phi) is 5.05. The minimum Gasteiger partial charge on any atom is -0.398 e. The summed E-state index contributed by atoms with van der Waals surface area (Å²) in [6.07, 6.45) is 0.478. The Bertz CT molecular complexity index is 613. The molecule has 2 unspecified atom stereocenters. The van der Waals surface area contributed by atoms with E-state index in [1.54, 1.807) is 0 Å². The number of anilines is 1. The minimum atomic E-state index is -3.80. The molecule has 0 amide bonds. The molecule has 0 aliphatic carbocycles. The molecule has 2 N–H and O–H groups in total. The van der Waals surface area contributed by atoms with Crippen LogP contribution in [-0.2, 0) is 14.8 Å². The number of nitrogens with zero attached hydrogens (tertiary/aromatic N) is 1. The molecule has 118 valence electrons. The van der Waals surface area contributed by atoms with Gasteiger partial charge in [0.2, 0.25) is 10.0 Å². The lowest BCUT2D eigenvalue weighted by Crippen LogP contribution is -2.51. The second-order valence-electron chi connectivity index (χ2n) is 5.09. The summed E-state index contributed by atoms with van der Waals surface area (Å²) in [5.41, 5.74) is 5.89. The Balaban J connectivity index is 2.50. The number of hydrogen-bond donors (Lipinski definition) is 1. The molecule has 0 bridgehead atoms. The summed E-state index contributed by atoms with van der Waals surface area (Å²) in [7, 11) is -3.80. The number of halogens is 2. The Hall–Kier alpha value is -0.530. The number of rotatable bonds is 3. The smallest absolute Gasteiger partial charge is 0.247 e. The van der Waals surface area contributed by atoms with Gasteiger partial charge in [-0.3, -0.25) is 0 Å². The molecular formula is C13H18Cl2N2O3S. The largest absolute Gasteiger partial charge is 0.398 e. The van der Waals surface area contributed by atoms with Crippen molar-refractivity contribution in [3.8, 4) is 0 Å². The Labute approximate surface area is 135 Å². The van der Waals surface area contributed by atoms with Crippen molar-refractivity contribution < 1.29 is 13.2 Å². The normalized spacial score (nSPS) is 24.2. The van der Waals surface area contributed by atoms with Crippen molar-refractivity contribution in [2.24, 2.45) is 0 Å². The lowest BCUT2D eigenvalue weighted by Gasteiger charge is -2.37. The summed E-state index contributed by atoms with van der Waals surface area (Å²) < 4.78 is 32.8. The summed E-state index contributed by atoms with van der Waals surface area (Å²) in [4.78, 5) is -0.0823. The van der Waals surface area contributed by atoms with Crippen LogP contribution >= 0.6 is 23.2 Å². The van der Waals surface area contributed by atoms with Crippen molar-refractivity contribution in [2.75, 3.05) is 18.9 Å². The van der Waals surface area contributed by atoms with E-state index in [9.17, 15) is 8.42 Å². The highest BCUT2D eigenvalue weighted by molar-refractivity contribution is 7.89. The molecule has 1 saturated heterocycles. The molecule has 5 nitrogen and oxygen atoms in total. The Morgan fingerprint density at radius 2 is 2.10 bits per heavy atom. The van der Waals surface area contributed by atoms with Gasteiger partial charge in [0.05, 0.1) is 23.4 Å². The maximum atomic E-state index is 12.9. The van der Waals surface area contributed by atoms with Crippen LogP contribution in [0.15, 0.2) is 17.0 Å². The van der Waals surface area contributed by atoms with E-state index in [1.165, 1.54) is 16.4 Å². The third kappa shape index (κ3) is 3.29. The maximum Gasteiger partial charge on any atom is 0.247 e. The third-order valence-corrected chi connectivity index (χ3v) is 6.16. The van der Waals surface area contributed by atoms with Crippen LogP contribution in [0.5, 0.6) is 0 Å². The van der Waals surface area contributed by atoms with Gasteiger partial charge in [0.1, 0.15) is 4.90 Å². The highest BCUT2D eigenvalue weighted by atomic mass is 35.5. The molecule has 1 fully saturated rings. The zero-order valence-corrected chi connectivity index (χ0v) is 14.2. The van der Waals surface area contributed by atoms with Crippen molar-refractivity contribution in [1.82, 2.24) is 4.31 Å². The summed E-state index contributed by atoms with van der Waals surface area (Å²) in [6.45, 7) is 4.39. The third-order valence-electron chi connectivity index (χ3n) is 3.49. The van der Waals surface area contributed by atoms with Crippen LogP contribution in [0.2, 0.25) is 10.0 Å². The summed E-state index contributed by atoms with van der Waals surface area (Å²) in [6, 6.07) is 2.56. The monoisotopic (exact) mass is 352 g/mol. The van der Waals surface area contributed by atoms with E-state index in [0.29, 0.717) is 18.1 Å². The van der Waals surface area contributed by atoms with E-state index in [0.717, 1.165) is 0 Å². The predicted molar refractivity (Wildman–Crippen MR) is 84.3 cm³/mol. The molecule has 1 aromatic rings.